The lowest BCUT2D eigenvalue weighted by Gasteiger charge is -2.26. The van der Waals surface area contributed by atoms with Crippen LogP contribution in [-0.2, 0) is 14.8 Å². The second-order valence-corrected chi connectivity index (χ2v) is 6.34. The molecule has 1 heterocycles. The fraction of sp³-hybridized carbons (Fsp3) is 0.400. The number of sulfonamides is 1. The minimum atomic E-state index is -3.58. The normalized spacial score (nSPS) is 18.2. The summed E-state index contributed by atoms with van der Waals surface area (Å²) in [4.78, 5) is 0.0496. The summed E-state index contributed by atoms with van der Waals surface area (Å²) in [7, 11) is -3.58. The van der Waals surface area contributed by atoms with Crippen LogP contribution in [0.25, 0.3) is 0 Å². The summed E-state index contributed by atoms with van der Waals surface area (Å²) >= 11 is 11.7. The molecule has 0 bridgehead atoms. The fourth-order valence-corrected chi connectivity index (χ4v) is 3.75. The first-order chi connectivity index (χ1) is 8.01. The van der Waals surface area contributed by atoms with Gasteiger partial charge in [0.15, 0.2) is 0 Å². The van der Waals surface area contributed by atoms with Crippen molar-refractivity contribution in [3.63, 3.8) is 0 Å². The summed E-state index contributed by atoms with van der Waals surface area (Å²) in [5.41, 5.74) is 0. The third-order valence-electron chi connectivity index (χ3n) is 2.48. The molecule has 0 saturated carbocycles. The van der Waals surface area contributed by atoms with Gasteiger partial charge in [0.05, 0.1) is 18.2 Å². The Morgan fingerprint density at radius 3 is 2.47 bits per heavy atom. The molecule has 0 N–H and O–H groups in total. The Bertz CT molecular complexity index is 512. The molecule has 2 rings (SSSR count). The van der Waals surface area contributed by atoms with Crippen molar-refractivity contribution in [2.24, 2.45) is 0 Å². The van der Waals surface area contributed by atoms with Crippen LogP contribution in [0, 0.1) is 0 Å². The van der Waals surface area contributed by atoms with E-state index in [-0.39, 0.29) is 9.92 Å². The average Bonchev–Trinajstić information content (AvgIpc) is 2.33. The third kappa shape index (κ3) is 2.74. The lowest BCUT2D eigenvalue weighted by molar-refractivity contribution is 0.0730. The maximum atomic E-state index is 12.3. The van der Waals surface area contributed by atoms with Gasteiger partial charge < -0.3 is 4.74 Å². The highest BCUT2D eigenvalue weighted by Crippen LogP contribution is 2.27. The number of halogens is 2. The van der Waals surface area contributed by atoms with Crippen LogP contribution in [0.2, 0.25) is 10.0 Å². The summed E-state index contributed by atoms with van der Waals surface area (Å²) in [5.74, 6) is 0. The van der Waals surface area contributed by atoms with Crippen LogP contribution in [0.4, 0.5) is 0 Å². The maximum Gasteiger partial charge on any atom is 0.244 e. The first kappa shape index (κ1) is 13.1. The Labute approximate surface area is 110 Å². The van der Waals surface area contributed by atoms with E-state index in [1.165, 1.54) is 16.4 Å². The van der Waals surface area contributed by atoms with Gasteiger partial charge in [-0.2, -0.15) is 4.31 Å². The molecule has 17 heavy (non-hydrogen) atoms. The van der Waals surface area contributed by atoms with Gasteiger partial charge in [-0.15, -0.1) is 0 Å². The van der Waals surface area contributed by atoms with Crippen LogP contribution in [-0.4, -0.2) is 39.0 Å². The van der Waals surface area contributed by atoms with Crippen LogP contribution in [0.15, 0.2) is 23.1 Å². The van der Waals surface area contributed by atoms with E-state index in [1.807, 2.05) is 0 Å². The number of rotatable bonds is 2. The van der Waals surface area contributed by atoms with Crippen molar-refractivity contribution in [1.82, 2.24) is 4.31 Å². The van der Waals surface area contributed by atoms with Crippen LogP contribution < -0.4 is 0 Å². The van der Waals surface area contributed by atoms with Gasteiger partial charge in [0, 0.05) is 18.1 Å². The predicted octanol–water partition coefficient (Wildman–Crippen LogP) is 2.01. The molecule has 0 spiro atoms. The molecule has 0 atom stereocenters. The molecular weight excluding hydrogens is 285 g/mol. The van der Waals surface area contributed by atoms with Gasteiger partial charge in [-0.1, -0.05) is 23.2 Å². The molecule has 0 amide bonds. The largest absolute Gasteiger partial charge is 0.379 e. The van der Waals surface area contributed by atoms with Gasteiger partial charge in [0.1, 0.15) is 4.90 Å². The Balaban J connectivity index is 2.40. The van der Waals surface area contributed by atoms with Crippen molar-refractivity contribution < 1.29 is 13.2 Å². The van der Waals surface area contributed by atoms with Crippen molar-refractivity contribution in [3.05, 3.63) is 28.2 Å². The summed E-state index contributed by atoms with van der Waals surface area (Å²) in [6.45, 7) is 1.48. The summed E-state index contributed by atoms with van der Waals surface area (Å²) in [6, 6.07) is 4.41. The monoisotopic (exact) mass is 295 g/mol. The van der Waals surface area contributed by atoms with Crippen molar-refractivity contribution in [2.75, 3.05) is 26.3 Å². The molecule has 1 fully saturated rings. The highest BCUT2D eigenvalue weighted by Gasteiger charge is 2.28. The van der Waals surface area contributed by atoms with Crippen molar-refractivity contribution in [2.45, 2.75) is 4.90 Å². The number of benzene rings is 1. The van der Waals surface area contributed by atoms with Gasteiger partial charge in [-0.05, 0) is 18.2 Å². The Hall–Kier alpha value is -0.330. The van der Waals surface area contributed by atoms with Crippen LogP contribution in [0.5, 0.6) is 0 Å². The lowest BCUT2D eigenvalue weighted by Crippen LogP contribution is -2.40. The Kier molecular flexibility index (Phi) is 3.95. The third-order valence-corrected chi connectivity index (χ3v) is 5.10. The Morgan fingerprint density at radius 2 is 1.82 bits per heavy atom. The van der Waals surface area contributed by atoms with E-state index < -0.39 is 10.0 Å². The van der Waals surface area contributed by atoms with E-state index in [1.54, 1.807) is 6.07 Å². The smallest absolute Gasteiger partial charge is 0.244 e. The minimum Gasteiger partial charge on any atom is -0.379 e. The quantitative estimate of drug-likeness (QED) is 0.838. The standard InChI is InChI=1S/C10H11Cl2NO3S/c11-8-1-2-9(12)10(7-8)17(14,15)13-3-5-16-6-4-13/h1-2,7H,3-6H2. The van der Waals surface area contributed by atoms with E-state index in [4.69, 9.17) is 27.9 Å². The zero-order valence-electron chi connectivity index (χ0n) is 8.90. The predicted molar refractivity (Wildman–Crippen MR) is 66.0 cm³/mol. The number of nitrogens with zero attached hydrogens (tertiary/aromatic N) is 1. The molecule has 1 aromatic rings. The molecule has 4 nitrogen and oxygen atoms in total. The minimum absolute atomic E-state index is 0.0496. The number of hydrogen-bond acceptors (Lipinski definition) is 3. The highest BCUT2D eigenvalue weighted by atomic mass is 35.5. The van der Waals surface area contributed by atoms with Crippen LogP contribution >= 0.6 is 23.2 Å². The van der Waals surface area contributed by atoms with Gasteiger partial charge in [0.2, 0.25) is 10.0 Å². The van der Waals surface area contributed by atoms with Gasteiger partial charge in [0.25, 0.3) is 0 Å². The maximum absolute atomic E-state index is 12.3. The molecule has 1 aromatic carbocycles. The van der Waals surface area contributed by atoms with E-state index in [2.05, 4.69) is 0 Å². The van der Waals surface area contributed by atoms with Gasteiger partial charge >= 0.3 is 0 Å². The number of hydrogen-bond donors (Lipinski definition) is 0. The van der Waals surface area contributed by atoms with E-state index in [0.717, 1.165) is 0 Å². The van der Waals surface area contributed by atoms with Crippen LogP contribution in [0.1, 0.15) is 0 Å². The Morgan fingerprint density at radius 1 is 1.18 bits per heavy atom. The SMILES string of the molecule is O=S(=O)(c1cc(Cl)ccc1Cl)N1CCOCC1. The second-order valence-electron chi connectivity index (χ2n) is 3.59. The van der Waals surface area contributed by atoms with E-state index in [9.17, 15) is 8.42 Å². The molecule has 7 heteroatoms. The summed E-state index contributed by atoms with van der Waals surface area (Å²) in [6.07, 6.45) is 0. The molecule has 1 aliphatic rings. The summed E-state index contributed by atoms with van der Waals surface area (Å²) in [5, 5.41) is 0.530. The first-order valence-electron chi connectivity index (χ1n) is 5.05. The topological polar surface area (TPSA) is 46.6 Å². The first-order valence-corrected chi connectivity index (χ1v) is 7.24. The lowest BCUT2D eigenvalue weighted by atomic mass is 10.4. The van der Waals surface area contributed by atoms with E-state index >= 15 is 0 Å². The van der Waals surface area contributed by atoms with E-state index in [0.29, 0.717) is 31.3 Å². The van der Waals surface area contributed by atoms with Crippen molar-refractivity contribution in [3.8, 4) is 0 Å². The summed E-state index contributed by atoms with van der Waals surface area (Å²) < 4.78 is 31.0. The zero-order valence-corrected chi connectivity index (χ0v) is 11.2. The van der Waals surface area contributed by atoms with Crippen molar-refractivity contribution >= 4 is 33.2 Å². The number of ether oxygens (including phenoxy) is 1. The average molecular weight is 296 g/mol. The molecule has 0 unspecified atom stereocenters. The fourth-order valence-electron chi connectivity index (χ4n) is 1.60. The highest BCUT2D eigenvalue weighted by molar-refractivity contribution is 7.89. The van der Waals surface area contributed by atoms with Gasteiger partial charge in [-0.3, -0.25) is 0 Å². The number of morpholine rings is 1. The molecule has 1 aliphatic heterocycles. The molecule has 0 radical (unpaired) electrons. The molecule has 94 valence electrons. The van der Waals surface area contributed by atoms with Crippen molar-refractivity contribution in [1.29, 1.82) is 0 Å². The molecule has 0 aromatic heterocycles. The molecule has 1 saturated heterocycles. The molecule has 0 aliphatic carbocycles. The van der Waals surface area contributed by atoms with Gasteiger partial charge in [-0.25, -0.2) is 8.42 Å². The molecular formula is C10H11Cl2NO3S. The zero-order chi connectivity index (χ0) is 12.5. The van der Waals surface area contributed by atoms with Crippen LogP contribution in [0.3, 0.4) is 0 Å². The second kappa shape index (κ2) is 5.12.